The molecule has 3 heterocycles. The largest absolute Gasteiger partial charge is 0.469 e. The minimum Gasteiger partial charge on any atom is -0.469 e. The summed E-state index contributed by atoms with van der Waals surface area (Å²) in [4.78, 5) is 3.47. The van der Waals surface area contributed by atoms with Crippen molar-refractivity contribution in [3.8, 4) is 11.4 Å². The van der Waals surface area contributed by atoms with Gasteiger partial charge in [-0.3, -0.25) is 9.47 Å². The van der Waals surface area contributed by atoms with Gasteiger partial charge in [0.05, 0.1) is 11.8 Å². The summed E-state index contributed by atoms with van der Waals surface area (Å²) in [5.74, 6) is 2.13. The topological polar surface area (TPSA) is 59.6 Å². The lowest BCUT2D eigenvalue weighted by Gasteiger charge is -2.38. The zero-order valence-corrected chi connectivity index (χ0v) is 17.1. The summed E-state index contributed by atoms with van der Waals surface area (Å²) in [5.41, 5.74) is 0.865. The molecular formula is C19H28F3N5O2. The van der Waals surface area contributed by atoms with E-state index in [4.69, 9.17) is 9.15 Å². The Labute approximate surface area is 168 Å². The molecule has 2 aromatic heterocycles. The van der Waals surface area contributed by atoms with Gasteiger partial charge in [0, 0.05) is 45.9 Å². The smallest absolute Gasteiger partial charge is 0.403 e. The van der Waals surface area contributed by atoms with E-state index in [0.29, 0.717) is 57.7 Å². The Morgan fingerprint density at radius 2 is 1.93 bits per heavy atom. The Bertz CT molecular complexity index is 781. The molecule has 0 spiro atoms. The van der Waals surface area contributed by atoms with Crippen molar-refractivity contribution in [2.75, 3.05) is 44.3 Å². The molecule has 1 unspecified atom stereocenters. The van der Waals surface area contributed by atoms with Gasteiger partial charge in [-0.05, 0) is 33.3 Å². The lowest BCUT2D eigenvalue weighted by molar-refractivity contribution is -0.179. The van der Waals surface area contributed by atoms with Gasteiger partial charge in [0.1, 0.15) is 11.8 Å². The molecule has 0 aromatic carbocycles. The first-order chi connectivity index (χ1) is 13.8. The number of piperazine rings is 1. The number of ether oxygens (including phenoxy) is 1. The lowest BCUT2D eigenvalue weighted by Crippen LogP contribution is -2.54. The summed E-state index contributed by atoms with van der Waals surface area (Å²) in [6.45, 7) is 8.54. The van der Waals surface area contributed by atoms with Crippen molar-refractivity contribution in [3.63, 3.8) is 0 Å². The van der Waals surface area contributed by atoms with Crippen LogP contribution in [0.15, 0.2) is 16.7 Å². The third-order valence-electron chi connectivity index (χ3n) is 5.32. The summed E-state index contributed by atoms with van der Waals surface area (Å²) in [6, 6.07) is 0.406. The van der Waals surface area contributed by atoms with Crippen molar-refractivity contribution in [3.05, 3.63) is 18.1 Å². The van der Waals surface area contributed by atoms with Gasteiger partial charge >= 0.3 is 6.18 Å². The maximum Gasteiger partial charge on any atom is 0.403 e. The van der Waals surface area contributed by atoms with Crippen molar-refractivity contribution in [1.29, 1.82) is 0 Å². The molecule has 1 aliphatic heterocycles. The third-order valence-corrected chi connectivity index (χ3v) is 5.32. The monoisotopic (exact) mass is 415 g/mol. The minimum absolute atomic E-state index is 0.326. The normalized spacial score (nSPS) is 17.1. The highest BCUT2D eigenvalue weighted by Gasteiger charge is 2.41. The van der Waals surface area contributed by atoms with E-state index >= 15 is 0 Å². The molecule has 1 fully saturated rings. The molecule has 0 aliphatic carbocycles. The number of aromatic nitrogens is 3. The minimum atomic E-state index is -4.21. The molecule has 0 bridgehead atoms. The first kappa shape index (κ1) is 21.6. The quantitative estimate of drug-likeness (QED) is 0.617. The predicted octanol–water partition coefficient (Wildman–Crippen LogP) is 3.35. The van der Waals surface area contributed by atoms with Gasteiger partial charge in [0.15, 0.2) is 5.82 Å². The summed E-state index contributed by atoms with van der Waals surface area (Å²) < 4.78 is 51.9. The fraction of sp³-hybridized carbons (Fsp3) is 0.684. The van der Waals surface area contributed by atoms with Crippen LogP contribution in [0.1, 0.15) is 26.0 Å². The average molecular weight is 415 g/mol. The molecule has 0 saturated carbocycles. The molecule has 10 heteroatoms. The highest BCUT2D eigenvalue weighted by atomic mass is 19.4. The van der Waals surface area contributed by atoms with Crippen molar-refractivity contribution in [2.24, 2.45) is 0 Å². The molecule has 1 saturated heterocycles. The number of hydrogen-bond acceptors (Lipinski definition) is 6. The zero-order valence-electron chi connectivity index (χ0n) is 17.1. The van der Waals surface area contributed by atoms with Crippen LogP contribution in [0.4, 0.5) is 19.1 Å². The van der Waals surface area contributed by atoms with Crippen LogP contribution in [0, 0.1) is 6.92 Å². The molecule has 0 amide bonds. The van der Waals surface area contributed by atoms with E-state index in [1.54, 1.807) is 6.26 Å². The Morgan fingerprint density at radius 1 is 1.21 bits per heavy atom. The number of furan rings is 1. The van der Waals surface area contributed by atoms with Gasteiger partial charge in [0.25, 0.3) is 0 Å². The van der Waals surface area contributed by atoms with Crippen molar-refractivity contribution < 1.29 is 22.3 Å². The van der Waals surface area contributed by atoms with E-state index < -0.39 is 12.2 Å². The Hall–Kier alpha value is -2.07. The lowest BCUT2D eigenvalue weighted by atomic mass is 10.2. The second kappa shape index (κ2) is 9.17. The molecule has 1 aliphatic rings. The van der Waals surface area contributed by atoms with Gasteiger partial charge in [-0.25, -0.2) is 0 Å². The number of halogens is 3. The first-order valence-corrected chi connectivity index (χ1v) is 9.94. The molecule has 1 atom stereocenters. The third kappa shape index (κ3) is 4.92. The summed E-state index contributed by atoms with van der Waals surface area (Å²) in [6.07, 6.45) is -1.82. The Balaban J connectivity index is 1.77. The van der Waals surface area contributed by atoms with Crippen LogP contribution in [0.25, 0.3) is 11.4 Å². The summed E-state index contributed by atoms with van der Waals surface area (Å²) in [5, 5.41) is 8.73. The van der Waals surface area contributed by atoms with Crippen molar-refractivity contribution in [2.45, 2.75) is 46.0 Å². The van der Waals surface area contributed by atoms with Crippen LogP contribution in [0.5, 0.6) is 0 Å². The highest BCUT2D eigenvalue weighted by Crippen LogP contribution is 2.29. The van der Waals surface area contributed by atoms with Gasteiger partial charge in [-0.1, -0.05) is 0 Å². The first-order valence-electron chi connectivity index (χ1n) is 9.94. The van der Waals surface area contributed by atoms with Crippen LogP contribution >= 0.6 is 0 Å². The van der Waals surface area contributed by atoms with Gasteiger partial charge in [-0.2, -0.15) is 13.2 Å². The second-order valence-corrected chi connectivity index (χ2v) is 7.16. The molecule has 7 nitrogen and oxygen atoms in total. The van der Waals surface area contributed by atoms with Crippen LogP contribution in [0.3, 0.4) is 0 Å². The standard InChI is InChI=1S/C19H28F3N5O2/c1-4-28-12-5-7-27-17(16-6-13-29-14(16)2)23-24-18(27)26-10-8-25(9-11-26)15(3)19(20,21)22/h6,13,15H,4-5,7-12H2,1-3H3. The molecule has 3 rings (SSSR count). The van der Waals surface area contributed by atoms with E-state index in [-0.39, 0.29) is 0 Å². The number of anilines is 1. The molecule has 0 radical (unpaired) electrons. The van der Waals surface area contributed by atoms with Crippen LogP contribution in [0.2, 0.25) is 0 Å². The average Bonchev–Trinajstić information content (AvgIpc) is 3.29. The molecule has 0 N–H and O–H groups in total. The maximum atomic E-state index is 13.0. The fourth-order valence-corrected chi connectivity index (χ4v) is 3.54. The van der Waals surface area contributed by atoms with E-state index in [1.807, 2.05) is 29.4 Å². The SMILES string of the molecule is CCOCCCn1c(-c2ccoc2C)nnc1N1CCN(C(C)C(F)(F)F)CC1. The van der Waals surface area contributed by atoms with E-state index in [9.17, 15) is 13.2 Å². The number of aryl methyl sites for hydroxylation is 1. The predicted molar refractivity (Wildman–Crippen MR) is 103 cm³/mol. The molecule has 2 aromatic rings. The maximum absolute atomic E-state index is 13.0. The molecule has 29 heavy (non-hydrogen) atoms. The van der Waals surface area contributed by atoms with Gasteiger partial charge in [0.2, 0.25) is 5.95 Å². The van der Waals surface area contributed by atoms with Crippen LogP contribution in [-0.4, -0.2) is 71.3 Å². The Kier molecular flexibility index (Phi) is 6.84. The molecular weight excluding hydrogens is 387 g/mol. The van der Waals surface area contributed by atoms with E-state index in [2.05, 4.69) is 10.2 Å². The number of rotatable bonds is 8. The van der Waals surface area contributed by atoms with E-state index in [1.165, 1.54) is 11.8 Å². The van der Waals surface area contributed by atoms with Crippen molar-refractivity contribution >= 4 is 5.95 Å². The molecule has 162 valence electrons. The number of alkyl halides is 3. The summed E-state index contributed by atoms with van der Waals surface area (Å²) in [7, 11) is 0. The number of nitrogens with zero attached hydrogens (tertiary/aromatic N) is 5. The zero-order chi connectivity index (χ0) is 21.0. The number of hydrogen-bond donors (Lipinski definition) is 0. The Morgan fingerprint density at radius 3 is 2.52 bits per heavy atom. The van der Waals surface area contributed by atoms with E-state index in [0.717, 1.165) is 17.7 Å². The van der Waals surface area contributed by atoms with Gasteiger partial charge in [-0.15, -0.1) is 10.2 Å². The van der Waals surface area contributed by atoms with Crippen LogP contribution in [-0.2, 0) is 11.3 Å². The highest BCUT2D eigenvalue weighted by molar-refractivity contribution is 5.59. The van der Waals surface area contributed by atoms with Crippen LogP contribution < -0.4 is 4.90 Å². The fourth-order valence-electron chi connectivity index (χ4n) is 3.54. The van der Waals surface area contributed by atoms with Crippen molar-refractivity contribution in [1.82, 2.24) is 19.7 Å². The summed E-state index contributed by atoms with van der Waals surface area (Å²) >= 11 is 0. The van der Waals surface area contributed by atoms with Gasteiger partial charge < -0.3 is 14.1 Å². The second-order valence-electron chi connectivity index (χ2n) is 7.16.